The molecule has 2 atom stereocenters. The van der Waals surface area contributed by atoms with E-state index in [0.29, 0.717) is 18.9 Å². The molecule has 2 aromatic rings. The Morgan fingerprint density at radius 2 is 2.32 bits per heavy atom. The molecule has 0 aliphatic carbocycles. The zero-order valence-corrected chi connectivity index (χ0v) is 12.5. The van der Waals surface area contributed by atoms with Gasteiger partial charge in [-0.15, -0.1) is 0 Å². The lowest BCUT2D eigenvalue weighted by molar-refractivity contribution is -0.131. The molecule has 118 valence electrons. The van der Waals surface area contributed by atoms with Gasteiger partial charge in [-0.2, -0.15) is 5.10 Å². The smallest absolute Gasteiger partial charge is 0.239 e. The summed E-state index contributed by atoms with van der Waals surface area (Å²) in [4.78, 5) is 14.3. The van der Waals surface area contributed by atoms with Gasteiger partial charge >= 0.3 is 0 Å². The third kappa shape index (κ3) is 2.98. The van der Waals surface area contributed by atoms with Crippen LogP contribution in [0.2, 0.25) is 0 Å². The molecule has 1 aromatic heterocycles. The number of carbonyl (C=O) groups is 1. The SMILES string of the molecule is NC(Cc1[nH]nc2ccccc12)C(=O)N1CCC(CCO)C1. The van der Waals surface area contributed by atoms with Crippen LogP contribution in [0.5, 0.6) is 0 Å². The summed E-state index contributed by atoms with van der Waals surface area (Å²) >= 11 is 0. The normalized spacial score (nSPS) is 19.7. The minimum absolute atomic E-state index is 0.0147. The molecule has 1 aliphatic heterocycles. The summed E-state index contributed by atoms with van der Waals surface area (Å²) in [5.41, 5.74) is 7.91. The number of likely N-dealkylation sites (tertiary alicyclic amines) is 1. The average molecular weight is 302 g/mol. The van der Waals surface area contributed by atoms with Gasteiger partial charge < -0.3 is 15.7 Å². The van der Waals surface area contributed by atoms with Crippen molar-refractivity contribution in [1.82, 2.24) is 15.1 Å². The second-order valence-corrected chi connectivity index (χ2v) is 5.98. The van der Waals surface area contributed by atoms with Gasteiger partial charge in [0, 0.05) is 37.2 Å². The van der Waals surface area contributed by atoms with Crippen LogP contribution in [0.3, 0.4) is 0 Å². The van der Waals surface area contributed by atoms with Crippen LogP contribution in [0.25, 0.3) is 10.9 Å². The predicted molar refractivity (Wildman–Crippen MR) is 84.2 cm³/mol. The molecule has 0 saturated carbocycles. The van der Waals surface area contributed by atoms with Crippen molar-refractivity contribution in [2.45, 2.75) is 25.3 Å². The minimum Gasteiger partial charge on any atom is -0.396 e. The Morgan fingerprint density at radius 3 is 3.14 bits per heavy atom. The van der Waals surface area contributed by atoms with Crippen LogP contribution in [-0.2, 0) is 11.2 Å². The first-order valence-corrected chi connectivity index (χ1v) is 7.76. The van der Waals surface area contributed by atoms with Gasteiger partial charge in [-0.3, -0.25) is 9.89 Å². The van der Waals surface area contributed by atoms with Gasteiger partial charge in [0.05, 0.1) is 11.6 Å². The highest BCUT2D eigenvalue weighted by molar-refractivity contribution is 5.85. The number of amides is 1. The summed E-state index contributed by atoms with van der Waals surface area (Å²) in [6.07, 6.45) is 2.16. The number of H-pyrrole nitrogens is 1. The largest absolute Gasteiger partial charge is 0.396 e. The fourth-order valence-corrected chi connectivity index (χ4v) is 3.16. The highest BCUT2D eigenvalue weighted by Crippen LogP contribution is 2.21. The first-order chi connectivity index (χ1) is 10.7. The molecule has 1 fully saturated rings. The number of benzene rings is 1. The fourth-order valence-electron chi connectivity index (χ4n) is 3.16. The third-order valence-electron chi connectivity index (χ3n) is 4.42. The van der Waals surface area contributed by atoms with Crippen LogP contribution in [0.1, 0.15) is 18.5 Å². The number of carbonyl (C=O) groups excluding carboxylic acids is 1. The standard InChI is InChI=1S/C16H22N4O2/c17-13(16(22)20-7-5-11(10-20)6-8-21)9-15-12-3-1-2-4-14(12)18-19-15/h1-4,11,13,21H,5-10,17H2,(H,18,19). The van der Waals surface area contributed by atoms with Crippen molar-refractivity contribution in [3.63, 3.8) is 0 Å². The van der Waals surface area contributed by atoms with Crippen LogP contribution in [0.15, 0.2) is 24.3 Å². The maximum absolute atomic E-state index is 12.5. The van der Waals surface area contributed by atoms with Crippen molar-refractivity contribution < 1.29 is 9.90 Å². The van der Waals surface area contributed by atoms with Crippen molar-refractivity contribution in [2.24, 2.45) is 11.7 Å². The Kier molecular flexibility index (Phi) is 4.40. The number of nitrogens with two attached hydrogens (primary N) is 1. The van der Waals surface area contributed by atoms with E-state index < -0.39 is 6.04 Å². The van der Waals surface area contributed by atoms with Gasteiger partial charge in [-0.1, -0.05) is 18.2 Å². The molecule has 6 nitrogen and oxygen atoms in total. The molecule has 1 aromatic carbocycles. The lowest BCUT2D eigenvalue weighted by Crippen LogP contribution is -2.44. The molecule has 6 heteroatoms. The first kappa shape index (κ1) is 15.0. The summed E-state index contributed by atoms with van der Waals surface area (Å²) in [7, 11) is 0. The summed E-state index contributed by atoms with van der Waals surface area (Å²) in [5, 5.41) is 17.2. The van der Waals surface area contributed by atoms with E-state index in [1.807, 2.05) is 29.2 Å². The quantitative estimate of drug-likeness (QED) is 0.756. The molecule has 3 rings (SSSR count). The topological polar surface area (TPSA) is 95.2 Å². The van der Waals surface area contributed by atoms with Crippen LogP contribution in [-0.4, -0.2) is 51.8 Å². The summed E-state index contributed by atoms with van der Waals surface area (Å²) in [5.74, 6) is 0.383. The number of nitrogens with one attached hydrogen (secondary N) is 1. The fraction of sp³-hybridized carbons (Fsp3) is 0.500. The second-order valence-electron chi connectivity index (χ2n) is 5.98. The van der Waals surface area contributed by atoms with Gasteiger partial charge in [0.15, 0.2) is 0 Å². The Bertz CT molecular complexity index is 654. The molecule has 0 radical (unpaired) electrons. The van der Waals surface area contributed by atoms with Crippen molar-refractivity contribution >= 4 is 16.8 Å². The molecular formula is C16H22N4O2. The lowest BCUT2D eigenvalue weighted by Gasteiger charge is -2.20. The third-order valence-corrected chi connectivity index (χ3v) is 4.42. The molecule has 22 heavy (non-hydrogen) atoms. The number of aromatic amines is 1. The summed E-state index contributed by atoms with van der Waals surface area (Å²) < 4.78 is 0. The van der Waals surface area contributed by atoms with Crippen molar-refractivity contribution in [2.75, 3.05) is 19.7 Å². The Labute approximate surface area is 129 Å². The second kappa shape index (κ2) is 6.46. The summed E-state index contributed by atoms with van der Waals surface area (Å²) in [6, 6.07) is 7.25. The molecule has 1 saturated heterocycles. The van der Waals surface area contributed by atoms with E-state index >= 15 is 0 Å². The zero-order chi connectivity index (χ0) is 15.5. The number of nitrogens with zero attached hydrogens (tertiary/aromatic N) is 2. The number of para-hydroxylation sites is 1. The van der Waals surface area contributed by atoms with Gasteiger partial charge in [-0.25, -0.2) is 0 Å². The minimum atomic E-state index is -0.559. The zero-order valence-electron chi connectivity index (χ0n) is 12.5. The Balaban J connectivity index is 1.64. The highest BCUT2D eigenvalue weighted by atomic mass is 16.3. The van der Waals surface area contributed by atoms with Gasteiger partial charge in [0.2, 0.25) is 5.91 Å². The van der Waals surface area contributed by atoms with Gasteiger partial charge in [0.1, 0.15) is 0 Å². The first-order valence-electron chi connectivity index (χ1n) is 7.76. The number of fused-ring (bicyclic) bond motifs is 1. The number of aromatic nitrogens is 2. The van der Waals surface area contributed by atoms with Crippen molar-refractivity contribution in [3.05, 3.63) is 30.0 Å². The number of aliphatic hydroxyl groups excluding tert-OH is 1. The van der Waals surface area contributed by atoms with E-state index in [4.69, 9.17) is 10.8 Å². The molecule has 0 bridgehead atoms. The van der Waals surface area contributed by atoms with E-state index in [2.05, 4.69) is 10.2 Å². The van der Waals surface area contributed by atoms with E-state index in [-0.39, 0.29) is 12.5 Å². The lowest BCUT2D eigenvalue weighted by atomic mass is 10.1. The maximum Gasteiger partial charge on any atom is 0.239 e. The molecule has 1 aliphatic rings. The Hall–Kier alpha value is -1.92. The van der Waals surface area contributed by atoms with Crippen LogP contribution in [0, 0.1) is 5.92 Å². The predicted octanol–water partition coefficient (Wildman–Crippen LogP) is 0.664. The van der Waals surface area contributed by atoms with Crippen molar-refractivity contribution in [3.8, 4) is 0 Å². The van der Waals surface area contributed by atoms with E-state index in [0.717, 1.165) is 36.0 Å². The summed E-state index contributed by atoms with van der Waals surface area (Å²) in [6.45, 7) is 1.62. The molecule has 1 amide bonds. The Morgan fingerprint density at radius 1 is 1.50 bits per heavy atom. The van der Waals surface area contributed by atoms with E-state index in [9.17, 15) is 4.79 Å². The van der Waals surface area contributed by atoms with E-state index in [1.54, 1.807) is 0 Å². The number of rotatable bonds is 5. The number of aliphatic hydroxyl groups is 1. The monoisotopic (exact) mass is 302 g/mol. The van der Waals surface area contributed by atoms with Crippen LogP contribution < -0.4 is 5.73 Å². The van der Waals surface area contributed by atoms with Gasteiger partial charge in [-0.05, 0) is 24.8 Å². The van der Waals surface area contributed by atoms with Crippen LogP contribution >= 0.6 is 0 Å². The van der Waals surface area contributed by atoms with Gasteiger partial charge in [0.25, 0.3) is 0 Å². The number of hydrogen-bond acceptors (Lipinski definition) is 4. The molecular weight excluding hydrogens is 280 g/mol. The van der Waals surface area contributed by atoms with Crippen LogP contribution in [0.4, 0.5) is 0 Å². The van der Waals surface area contributed by atoms with E-state index in [1.165, 1.54) is 0 Å². The maximum atomic E-state index is 12.5. The number of hydrogen-bond donors (Lipinski definition) is 3. The van der Waals surface area contributed by atoms with Crippen molar-refractivity contribution in [1.29, 1.82) is 0 Å². The highest BCUT2D eigenvalue weighted by Gasteiger charge is 2.29. The molecule has 4 N–H and O–H groups in total. The molecule has 2 unspecified atom stereocenters. The molecule has 0 spiro atoms. The molecule has 2 heterocycles. The average Bonchev–Trinajstić information content (AvgIpc) is 3.15.